The number of amides is 1. The summed E-state index contributed by atoms with van der Waals surface area (Å²) < 4.78 is 15.7. The standard InChI is InChI=1S/C23H20FN7O/c1-12(2)7-18(32)27-14-8-13(9-25-10-14)21-20(24)19-17(11-26-21)30-31-22(19)23-28-15-5-3-4-6-16(15)29-23/h3-6,8-12H,7H2,1-2H3,(H,27,32)(H,28,29)(H,30,31). The number of imidazole rings is 1. The van der Waals surface area contributed by atoms with Crippen molar-refractivity contribution in [3.63, 3.8) is 0 Å². The van der Waals surface area contributed by atoms with Gasteiger partial charge in [-0.15, -0.1) is 0 Å². The van der Waals surface area contributed by atoms with Crippen LogP contribution in [0.15, 0.2) is 48.9 Å². The quantitative estimate of drug-likeness (QED) is 0.375. The first-order valence-electron chi connectivity index (χ1n) is 10.2. The Morgan fingerprint density at radius 1 is 1.12 bits per heavy atom. The maximum Gasteiger partial charge on any atom is 0.224 e. The van der Waals surface area contributed by atoms with Gasteiger partial charge in [-0.3, -0.25) is 19.9 Å². The Morgan fingerprint density at radius 2 is 1.97 bits per heavy atom. The number of carbonyl (C=O) groups is 1. The highest BCUT2D eigenvalue weighted by Gasteiger charge is 2.20. The summed E-state index contributed by atoms with van der Waals surface area (Å²) in [5.41, 5.74) is 3.47. The number of benzene rings is 1. The van der Waals surface area contributed by atoms with Gasteiger partial charge in [0.1, 0.15) is 11.4 Å². The number of nitrogens with zero attached hydrogens (tertiary/aromatic N) is 4. The van der Waals surface area contributed by atoms with Gasteiger partial charge in [0.25, 0.3) is 0 Å². The lowest BCUT2D eigenvalue weighted by molar-refractivity contribution is -0.116. The van der Waals surface area contributed by atoms with Crippen molar-refractivity contribution in [2.75, 3.05) is 5.32 Å². The maximum absolute atomic E-state index is 15.7. The molecular weight excluding hydrogens is 409 g/mol. The minimum absolute atomic E-state index is 0.115. The molecule has 5 rings (SSSR count). The number of hydrogen-bond acceptors (Lipinski definition) is 5. The highest BCUT2D eigenvalue weighted by atomic mass is 19.1. The number of nitrogens with one attached hydrogen (secondary N) is 3. The smallest absolute Gasteiger partial charge is 0.224 e. The first kappa shape index (κ1) is 19.8. The molecule has 0 fully saturated rings. The number of halogens is 1. The summed E-state index contributed by atoms with van der Waals surface area (Å²) in [5.74, 6) is 0.0238. The van der Waals surface area contributed by atoms with Gasteiger partial charge >= 0.3 is 0 Å². The summed E-state index contributed by atoms with van der Waals surface area (Å²) in [5, 5.41) is 10.2. The van der Waals surface area contributed by atoms with E-state index in [9.17, 15) is 4.79 Å². The highest BCUT2D eigenvalue weighted by Crippen LogP contribution is 2.32. The fourth-order valence-corrected chi connectivity index (χ4v) is 3.63. The van der Waals surface area contributed by atoms with Crippen LogP contribution in [0.2, 0.25) is 0 Å². The SMILES string of the molecule is CC(C)CC(=O)Nc1cncc(-c2ncc3[nH]nc(-c4nc5ccccc5[nH]4)c3c2F)c1. The third-order valence-corrected chi connectivity index (χ3v) is 5.05. The van der Waals surface area contributed by atoms with Gasteiger partial charge in [0.2, 0.25) is 5.91 Å². The molecule has 4 heterocycles. The van der Waals surface area contributed by atoms with E-state index in [1.54, 1.807) is 6.07 Å². The average molecular weight is 429 g/mol. The summed E-state index contributed by atoms with van der Waals surface area (Å²) in [6.45, 7) is 3.93. The third-order valence-electron chi connectivity index (χ3n) is 5.05. The largest absolute Gasteiger partial charge is 0.337 e. The molecule has 0 bridgehead atoms. The van der Waals surface area contributed by atoms with Crippen LogP contribution in [-0.2, 0) is 4.79 Å². The van der Waals surface area contributed by atoms with Crippen LogP contribution in [0.25, 0.3) is 44.7 Å². The maximum atomic E-state index is 15.7. The molecule has 32 heavy (non-hydrogen) atoms. The van der Waals surface area contributed by atoms with E-state index >= 15 is 4.39 Å². The van der Waals surface area contributed by atoms with Crippen molar-refractivity contribution >= 4 is 33.5 Å². The number of fused-ring (bicyclic) bond motifs is 2. The zero-order valence-electron chi connectivity index (χ0n) is 17.5. The molecule has 0 radical (unpaired) electrons. The summed E-state index contributed by atoms with van der Waals surface area (Å²) >= 11 is 0. The van der Waals surface area contributed by atoms with Crippen molar-refractivity contribution in [3.05, 3.63) is 54.7 Å². The lowest BCUT2D eigenvalue weighted by Crippen LogP contribution is -2.14. The summed E-state index contributed by atoms with van der Waals surface area (Å²) in [6.07, 6.45) is 4.95. The minimum atomic E-state index is -0.542. The van der Waals surface area contributed by atoms with Gasteiger partial charge in [-0.25, -0.2) is 9.37 Å². The van der Waals surface area contributed by atoms with E-state index in [4.69, 9.17) is 0 Å². The first-order valence-corrected chi connectivity index (χ1v) is 10.2. The molecule has 160 valence electrons. The number of anilines is 1. The second-order valence-corrected chi connectivity index (χ2v) is 7.99. The molecule has 4 aromatic heterocycles. The van der Waals surface area contributed by atoms with Gasteiger partial charge in [0.15, 0.2) is 11.6 Å². The predicted molar refractivity (Wildman–Crippen MR) is 120 cm³/mol. The number of aromatic nitrogens is 6. The molecule has 0 aliphatic heterocycles. The molecule has 0 spiro atoms. The van der Waals surface area contributed by atoms with Gasteiger partial charge in [0, 0.05) is 18.2 Å². The molecule has 3 N–H and O–H groups in total. The minimum Gasteiger partial charge on any atom is -0.337 e. The summed E-state index contributed by atoms with van der Waals surface area (Å²) in [7, 11) is 0. The first-order chi connectivity index (χ1) is 15.5. The molecule has 1 amide bonds. The van der Waals surface area contributed by atoms with Crippen molar-refractivity contribution in [1.82, 2.24) is 30.1 Å². The van der Waals surface area contributed by atoms with Crippen LogP contribution in [-0.4, -0.2) is 36.0 Å². The van der Waals surface area contributed by atoms with Crippen LogP contribution >= 0.6 is 0 Å². The Balaban J connectivity index is 1.56. The summed E-state index contributed by atoms with van der Waals surface area (Å²) in [6, 6.07) is 9.21. The molecule has 5 aromatic rings. The Labute approximate surface area is 182 Å². The van der Waals surface area contributed by atoms with E-state index < -0.39 is 5.82 Å². The van der Waals surface area contributed by atoms with E-state index in [1.165, 1.54) is 18.6 Å². The highest BCUT2D eigenvalue weighted by molar-refractivity contribution is 5.96. The molecule has 0 aliphatic carbocycles. The number of aromatic amines is 2. The molecule has 1 aromatic carbocycles. The number of hydrogen-bond donors (Lipinski definition) is 3. The van der Waals surface area contributed by atoms with Gasteiger partial charge < -0.3 is 10.3 Å². The van der Waals surface area contributed by atoms with E-state index in [-0.39, 0.29) is 22.9 Å². The van der Waals surface area contributed by atoms with E-state index in [0.717, 1.165) is 11.0 Å². The Morgan fingerprint density at radius 3 is 2.78 bits per heavy atom. The van der Waals surface area contributed by atoms with Crippen molar-refractivity contribution in [3.8, 4) is 22.8 Å². The number of pyridine rings is 2. The lowest BCUT2D eigenvalue weighted by Gasteiger charge is -2.09. The van der Waals surface area contributed by atoms with Crippen LogP contribution in [0, 0.1) is 11.7 Å². The van der Waals surface area contributed by atoms with Gasteiger partial charge in [-0.1, -0.05) is 26.0 Å². The van der Waals surface area contributed by atoms with Crippen LogP contribution in [0.1, 0.15) is 20.3 Å². The lowest BCUT2D eigenvalue weighted by atomic mass is 10.1. The van der Waals surface area contributed by atoms with Crippen molar-refractivity contribution in [2.45, 2.75) is 20.3 Å². The zero-order chi connectivity index (χ0) is 22.2. The molecule has 9 heteroatoms. The number of para-hydroxylation sites is 2. The van der Waals surface area contributed by atoms with Gasteiger partial charge in [0.05, 0.1) is 40.0 Å². The number of rotatable bonds is 5. The van der Waals surface area contributed by atoms with Crippen molar-refractivity contribution < 1.29 is 9.18 Å². The van der Waals surface area contributed by atoms with Crippen LogP contribution in [0.3, 0.4) is 0 Å². The topological polar surface area (TPSA) is 112 Å². The fraction of sp³-hybridized carbons (Fsp3) is 0.174. The van der Waals surface area contributed by atoms with E-state index in [2.05, 4.69) is 35.5 Å². The summed E-state index contributed by atoms with van der Waals surface area (Å²) in [4.78, 5) is 28.2. The molecule has 0 atom stereocenters. The molecule has 0 unspecified atom stereocenters. The molecule has 0 saturated carbocycles. The normalized spacial score (nSPS) is 11.5. The predicted octanol–water partition coefficient (Wildman–Crippen LogP) is 4.69. The molecule has 8 nitrogen and oxygen atoms in total. The van der Waals surface area contributed by atoms with Crippen LogP contribution in [0.5, 0.6) is 0 Å². The van der Waals surface area contributed by atoms with Gasteiger partial charge in [-0.05, 0) is 24.1 Å². The van der Waals surface area contributed by atoms with Crippen molar-refractivity contribution in [1.29, 1.82) is 0 Å². The van der Waals surface area contributed by atoms with E-state index in [1.807, 2.05) is 38.1 Å². The van der Waals surface area contributed by atoms with Gasteiger partial charge in [-0.2, -0.15) is 5.10 Å². The molecular formula is C23H20FN7O. The van der Waals surface area contributed by atoms with Crippen LogP contribution < -0.4 is 5.32 Å². The molecule has 0 saturated heterocycles. The Hall–Kier alpha value is -4.14. The zero-order valence-corrected chi connectivity index (χ0v) is 17.5. The van der Waals surface area contributed by atoms with Crippen molar-refractivity contribution in [2.24, 2.45) is 5.92 Å². The Bertz CT molecular complexity index is 1420. The molecule has 0 aliphatic rings. The second-order valence-electron chi connectivity index (χ2n) is 7.99. The second kappa shape index (κ2) is 7.84. The third kappa shape index (κ3) is 3.58. The number of H-pyrrole nitrogens is 2. The average Bonchev–Trinajstić information content (AvgIpc) is 3.38. The number of carbonyl (C=O) groups excluding carboxylic acids is 1. The Kier molecular flexibility index (Phi) is 4.85. The fourth-order valence-electron chi connectivity index (χ4n) is 3.63. The van der Waals surface area contributed by atoms with E-state index in [0.29, 0.717) is 34.7 Å². The monoisotopic (exact) mass is 429 g/mol. The van der Waals surface area contributed by atoms with Crippen LogP contribution in [0.4, 0.5) is 10.1 Å².